The number of benzene rings is 1. The molecule has 5 nitrogen and oxygen atoms in total. The molecule has 1 amide bonds. The zero-order chi connectivity index (χ0) is 14.0. The summed E-state index contributed by atoms with van der Waals surface area (Å²) < 4.78 is 37.6. The molecule has 0 radical (unpaired) electrons. The van der Waals surface area contributed by atoms with Crippen molar-refractivity contribution in [3.05, 3.63) is 29.0 Å². The third-order valence-corrected chi connectivity index (χ3v) is 4.87. The maximum atomic E-state index is 13.4. The molecule has 1 fully saturated rings. The fraction of sp³-hybridized carbons (Fsp3) is 0.364. The Hall–Kier alpha value is -1.18. The number of anilines is 1. The molecule has 2 rings (SSSR count). The van der Waals surface area contributed by atoms with Crippen LogP contribution in [0.1, 0.15) is 6.42 Å². The summed E-state index contributed by atoms with van der Waals surface area (Å²) in [6.07, 6.45) is 0.505. The Labute approximate surface area is 115 Å². The number of hydrogen-bond donors (Lipinski definition) is 1. The lowest BCUT2D eigenvalue weighted by molar-refractivity contribution is -0.116. The first kappa shape index (κ1) is 14.2. The first-order valence-electron chi connectivity index (χ1n) is 5.61. The zero-order valence-corrected chi connectivity index (χ0v) is 11.5. The van der Waals surface area contributed by atoms with Crippen LogP contribution in [0.2, 0.25) is 5.02 Å². The van der Waals surface area contributed by atoms with Crippen LogP contribution in [0.15, 0.2) is 18.2 Å². The number of halogens is 2. The van der Waals surface area contributed by atoms with Crippen LogP contribution in [0, 0.1) is 5.82 Å². The summed E-state index contributed by atoms with van der Waals surface area (Å²) in [6.45, 7) is 0.0171. The predicted molar refractivity (Wildman–Crippen MR) is 70.0 cm³/mol. The second-order valence-corrected chi connectivity index (χ2v) is 6.70. The Morgan fingerprint density at radius 2 is 2.21 bits per heavy atom. The molecule has 8 heteroatoms. The summed E-state index contributed by atoms with van der Waals surface area (Å²) in [7, 11) is -3.33. The highest BCUT2D eigenvalue weighted by atomic mass is 35.5. The summed E-state index contributed by atoms with van der Waals surface area (Å²) in [5, 5.41) is 2.54. The molecular formula is C11H12ClFN2O3S. The second-order valence-electron chi connectivity index (χ2n) is 4.18. The summed E-state index contributed by atoms with van der Waals surface area (Å²) in [4.78, 5) is 11.7. The van der Waals surface area contributed by atoms with Crippen LogP contribution in [0.4, 0.5) is 10.1 Å². The van der Waals surface area contributed by atoms with Crippen LogP contribution >= 0.6 is 11.6 Å². The van der Waals surface area contributed by atoms with E-state index in [9.17, 15) is 17.6 Å². The lowest BCUT2D eigenvalue weighted by Crippen LogP contribution is -2.34. The van der Waals surface area contributed by atoms with Crippen LogP contribution in [0.5, 0.6) is 0 Å². The number of hydrogen-bond acceptors (Lipinski definition) is 3. The lowest BCUT2D eigenvalue weighted by atomic mass is 10.3. The Morgan fingerprint density at radius 3 is 2.79 bits per heavy atom. The van der Waals surface area contributed by atoms with Crippen LogP contribution in [0.3, 0.4) is 0 Å². The molecular weight excluding hydrogens is 295 g/mol. The Bertz CT molecular complexity index is 606. The van der Waals surface area contributed by atoms with Gasteiger partial charge >= 0.3 is 0 Å². The molecule has 1 saturated heterocycles. The van der Waals surface area contributed by atoms with Crippen molar-refractivity contribution in [2.75, 3.05) is 24.2 Å². The maximum Gasteiger partial charge on any atom is 0.239 e. The normalized spacial score (nSPS) is 18.4. The van der Waals surface area contributed by atoms with Gasteiger partial charge in [0, 0.05) is 11.6 Å². The van der Waals surface area contributed by atoms with Gasteiger partial charge in [-0.1, -0.05) is 11.6 Å². The van der Waals surface area contributed by atoms with Crippen LogP contribution < -0.4 is 5.32 Å². The lowest BCUT2D eigenvalue weighted by Gasteiger charge is -2.14. The van der Waals surface area contributed by atoms with Crippen molar-refractivity contribution in [1.29, 1.82) is 0 Å². The van der Waals surface area contributed by atoms with Gasteiger partial charge < -0.3 is 5.32 Å². The number of carbonyl (C=O) groups is 1. The standard InChI is InChI=1S/C11H12ClFN2O3S/c12-8-2-3-10(9(13)6-8)14-11(16)7-15-4-1-5-19(15,17)18/h2-3,6H,1,4-5,7H2,(H,14,16). The summed E-state index contributed by atoms with van der Waals surface area (Å²) in [5.41, 5.74) is -0.0222. The Balaban J connectivity index is 2.02. The van der Waals surface area contributed by atoms with Gasteiger partial charge in [-0.25, -0.2) is 12.8 Å². The van der Waals surface area contributed by atoms with Crippen LogP contribution in [0.25, 0.3) is 0 Å². The van der Waals surface area contributed by atoms with Crippen LogP contribution in [-0.2, 0) is 14.8 Å². The molecule has 104 valence electrons. The van der Waals surface area contributed by atoms with Gasteiger partial charge in [0.05, 0.1) is 18.0 Å². The van der Waals surface area contributed by atoms with E-state index in [1.165, 1.54) is 12.1 Å². The minimum absolute atomic E-state index is 0.0222. The monoisotopic (exact) mass is 306 g/mol. The van der Waals surface area contributed by atoms with E-state index < -0.39 is 21.7 Å². The molecule has 0 aromatic heterocycles. The predicted octanol–water partition coefficient (Wildman–Crippen LogP) is 1.45. The zero-order valence-electron chi connectivity index (χ0n) is 9.90. The highest BCUT2D eigenvalue weighted by molar-refractivity contribution is 7.89. The summed E-state index contributed by atoms with van der Waals surface area (Å²) in [5.74, 6) is -1.19. The average molecular weight is 307 g/mol. The molecule has 19 heavy (non-hydrogen) atoms. The molecule has 1 aliphatic heterocycles. The van der Waals surface area contributed by atoms with E-state index in [-0.39, 0.29) is 23.0 Å². The fourth-order valence-corrected chi connectivity index (χ4v) is 3.44. The van der Waals surface area contributed by atoms with Crippen molar-refractivity contribution < 1.29 is 17.6 Å². The highest BCUT2D eigenvalue weighted by Gasteiger charge is 2.29. The Morgan fingerprint density at radius 1 is 1.47 bits per heavy atom. The number of sulfonamides is 1. The molecule has 0 atom stereocenters. The summed E-state index contributed by atoms with van der Waals surface area (Å²) >= 11 is 5.59. The van der Waals surface area contributed by atoms with Crippen molar-refractivity contribution in [3.8, 4) is 0 Å². The van der Waals surface area contributed by atoms with E-state index >= 15 is 0 Å². The third-order valence-electron chi connectivity index (χ3n) is 2.73. The average Bonchev–Trinajstić information content (AvgIpc) is 2.62. The first-order valence-corrected chi connectivity index (χ1v) is 7.60. The summed E-state index contributed by atoms with van der Waals surface area (Å²) in [6, 6.07) is 3.84. The molecule has 1 aromatic carbocycles. The van der Waals surface area contributed by atoms with Crippen LogP contribution in [-0.4, -0.2) is 37.5 Å². The second kappa shape index (κ2) is 5.44. The minimum Gasteiger partial charge on any atom is -0.322 e. The van der Waals surface area contributed by atoms with Crippen molar-refractivity contribution in [2.45, 2.75) is 6.42 Å². The number of rotatable bonds is 3. The van der Waals surface area contributed by atoms with Gasteiger partial charge in [-0.2, -0.15) is 4.31 Å². The SMILES string of the molecule is O=C(CN1CCCS1(=O)=O)Nc1ccc(Cl)cc1F. The number of nitrogens with one attached hydrogen (secondary N) is 1. The molecule has 0 bridgehead atoms. The highest BCUT2D eigenvalue weighted by Crippen LogP contribution is 2.19. The topological polar surface area (TPSA) is 66.5 Å². The van der Waals surface area contributed by atoms with E-state index in [1.807, 2.05) is 0 Å². The van der Waals surface area contributed by atoms with Gasteiger partial charge in [0.1, 0.15) is 5.82 Å². The van der Waals surface area contributed by atoms with Crippen molar-refractivity contribution >= 4 is 33.2 Å². The van der Waals surface area contributed by atoms with Gasteiger partial charge in [-0.3, -0.25) is 4.79 Å². The van der Waals surface area contributed by atoms with E-state index in [2.05, 4.69) is 5.32 Å². The quantitative estimate of drug-likeness (QED) is 0.919. The van der Waals surface area contributed by atoms with E-state index in [1.54, 1.807) is 0 Å². The smallest absolute Gasteiger partial charge is 0.239 e. The molecule has 1 aliphatic rings. The molecule has 0 aliphatic carbocycles. The van der Waals surface area contributed by atoms with Crippen molar-refractivity contribution in [2.24, 2.45) is 0 Å². The third kappa shape index (κ3) is 3.43. The largest absolute Gasteiger partial charge is 0.322 e. The number of carbonyl (C=O) groups excluding carboxylic acids is 1. The van der Waals surface area contributed by atoms with Crippen molar-refractivity contribution in [1.82, 2.24) is 4.31 Å². The van der Waals surface area contributed by atoms with E-state index in [4.69, 9.17) is 11.6 Å². The molecule has 1 heterocycles. The molecule has 0 saturated carbocycles. The van der Waals surface area contributed by atoms with Gasteiger partial charge in [-0.05, 0) is 24.6 Å². The number of nitrogens with zero attached hydrogens (tertiary/aromatic N) is 1. The first-order chi connectivity index (χ1) is 8.88. The molecule has 1 N–H and O–H groups in total. The minimum atomic E-state index is -3.33. The molecule has 0 spiro atoms. The van der Waals surface area contributed by atoms with E-state index in [0.717, 1.165) is 10.4 Å². The van der Waals surface area contributed by atoms with Crippen molar-refractivity contribution in [3.63, 3.8) is 0 Å². The van der Waals surface area contributed by atoms with Gasteiger partial charge in [0.15, 0.2) is 0 Å². The van der Waals surface area contributed by atoms with Gasteiger partial charge in [0.25, 0.3) is 0 Å². The Kier molecular flexibility index (Phi) is 4.07. The van der Waals surface area contributed by atoms with E-state index in [0.29, 0.717) is 13.0 Å². The van der Waals surface area contributed by atoms with Gasteiger partial charge in [0.2, 0.25) is 15.9 Å². The molecule has 0 unspecified atom stereocenters. The fourth-order valence-electron chi connectivity index (χ4n) is 1.81. The van der Waals surface area contributed by atoms with Gasteiger partial charge in [-0.15, -0.1) is 0 Å². The molecule has 1 aromatic rings. The maximum absolute atomic E-state index is 13.4. The number of amides is 1.